The van der Waals surface area contributed by atoms with Crippen LogP contribution in [0.15, 0.2) is 23.8 Å². The molecule has 1 fully saturated rings. The molecule has 2 bridgehead atoms. The van der Waals surface area contributed by atoms with Gasteiger partial charge in [0.25, 0.3) is 0 Å². The van der Waals surface area contributed by atoms with Crippen LogP contribution >= 0.6 is 0 Å². The molecule has 0 radical (unpaired) electrons. The molecule has 0 unspecified atom stereocenters. The summed E-state index contributed by atoms with van der Waals surface area (Å²) in [4.78, 5) is 14.8. The van der Waals surface area contributed by atoms with Crippen LogP contribution in [-0.4, -0.2) is 50.3 Å². The zero-order chi connectivity index (χ0) is 16.5. The van der Waals surface area contributed by atoms with Crippen LogP contribution in [0.1, 0.15) is 24.0 Å². The Morgan fingerprint density at radius 3 is 2.88 bits per heavy atom. The number of nitrogens with zero attached hydrogens (tertiary/aromatic N) is 1. The molecule has 5 rings (SSSR count). The standard InChI is InChI=1S/C19H21NO4/c1-20-4-3-19-9-18(22-2)15(21)7-13(19)14(20)5-11-6-16-17(8-12(11)19)24-10-23-16/h6-8,14,18H,3-5,9-10H2,1-2H3/t14-,18-,19-/m0/s1. The summed E-state index contributed by atoms with van der Waals surface area (Å²) in [5.74, 6) is 1.77. The van der Waals surface area contributed by atoms with E-state index in [-0.39, 0.29) is 30.1 Å². The number of benzene rings is 1. The van der Waals surface area contributed by atoms with Crippen molar-refractivity contribution < 1.29 is 19.0 Å². The molecular formula is C19H21NO4. The molecule has 5 nitrogen and oxygen atoms in total. The molecule has 1 aromatic rings. The first kappa shape index (κ1) is 14.5. The van der Waals surface area contributed by atoms with Crippen molar-refractivity contribution in [3.8, 4) is 11.5 Å². The minimum Gasteiger partial charge on any atom is -0.454 e. The van der Waals surface area contributed by atoms with Crippen molar-refractivity contribution >= 4 is 5.78 Å². The lowest BCUT2D eigenvalue weighted by Gasteiger charge is -2.54. The highest BCUT2D eigenvalue weighted by Gasteiger charge is 2.53. The van der Waals surface area contributed by atoms with Gasteiger partial charge in [0.15, 0.2) is 17.3 Å². The van der Waals surface area contributed by atoms with Crippen LogP contribution in [0.4, 0.5) is 0 Å². The van der Waals surface area contributed by atoms with E-state index >= 15 is 0 Å². The van der Waals surface area contributed by atoms with Crippen LogP contribution in [0.25, 0.3) is 0 Å². The third kappa shape index (κ3) is 1.74. The molecular weight excluding hydrogens is 306 g/mol. The van der Waals surface area contributed by atoms with Gasteiger partial charge >= 0.3 is 0 Å². The number of likely N-dealkylation sites (N-methyl/N-ethyl adjacent to an activating group) is 1. The first-order valence-electron chi connectivity index (χ1n) is 8.54. The summed E-state index contributed by atoms with van der Waals surface area (Å²) in [6, 6.07) is 4.57. The number of hydrogen-bond acceptors (Lipinski definition) is 5. The molecule has 0 aromatic heterocycles. The van der Waals surface area contributed by atoms with Gasteiger partial charge in [-0.2, -0.15) is 0 Å². The largest absolute Gasteiger partial charge is 0.454 e. The summed E-state index contributed by atoms with van der Waals surface area (Å²) in [5, 5.41) is 0. The Morgan fingerprint density at radius 1 is 1.29 bits per heavy atom. The van der Waals surface area contributed by atoms with E-state index in [9.17, 15) is 4.79 Å². The molecule has 0 N–H and O–H groups in total. The molecule has 2 heterocycles. The minimum absolute atomic E-state index is 0.104. The highest BCUT2D eigenvalue weighted by molar-refractivity contribution is 5.96. The lowest BCUT2D eigenvalue weighted by Crippen LogP contribution is -2.57. The van der Waals surface area contributed by atoms with Gasteiger partial charge in [0.1, 0.15) is 6.10 Å². The fourth-order valence-electron chi connectivity index (χ4n) is 5.01. The van der Waals surface area contributed by atoms with Gasteiger partial charge in [-0.05, 0) is 67.8 Å². The highest BCUT2D eigenvalue weighted by atomic mass is 16.7. The van der Waals surface area contributed by atoms with Crippen LogP contribution in [0, 0.1) is 0 Å². The van der Waals surface area contributed by atoms with Crippen LogP contribution in [0.5, 0.6) is 11.5 Å². The zero-order valence-corrected chi connectivity index (χ0v) is 14.0. The molecule has 0 saturated carbocycles. The Balaban J connectivity index is 1.74. The summed E-state index contributed by atoms with van der Waals surface area (Å²) in [5.41, 5.74) is 3.77. The Morgan fingerprint density at radius 2 is 2.08 bits per heavy atom. The van der Waals surface area contributed by atoms with Crippen molar-refractivity contribution in [2.45, 2.75) is 36.8 Å². The van der Waals surface area contributed by atoms with Gasteiger partial charge < -0.3 is 14.2 Å². The van der Waals surface area contributed by atoms with Gasteiger partial charge in [0, 0.05) is 18.6 Å². The second-order valence-electron chi connectivity index (χ2n) is 7.33. The molecule has 3 atom stereocenters. The maximum absolute atomic E-state index is 12.4. The Hall–Kier alpha value is -1.85. The van der Waals surface area contributed by atoms with Crippen molar-refractivity contribution in [3.05, 3.63) is 34.9 Å². The summed E-state index contributed by atoms with van der Waals surface area (Å²) >= 11 is 0. The maximum atomic E-state index is 12.4. The van der Waals surface area contributed by atoms with Gasteiger partial charge in [0.2, 0.25) is 6.79 Å². The topological polar surface area (TPSA) is 48.0 Å². The van der Waals surface area contributed by atoms with Crippen molar-refractivity contribution in [3.63, 3.8) is 0 Å². The number of likely N-dealkylation sites (tertiary alicyclic amines) is 1. The lowest BCUT2D eigenvalue weighted by atomic mass is 9.56. The van der Waals surface area contributed by atoms with Gasteiger partial charge in [-0.15, -0.1) is 0 Å². The zero-order valence-electron chi connectivity index (χ0n) is 14.0. The quantitative estimate of drug-likeness (QED) is 0.787. The third-order valence-electron chi connectivity index (χ3n) is 6.30. The summed E-state index contributed by atoms with van der Waals surface area (Å²) in [7, 11) is 3.79. The van der Waals surface area contributed by atoms with Gasteiger partial charge in [-0.25, -0.2) is 0 Å². The van der Waals surface area contributed by atoms with Gasteiger partial charge in [-0.3, -0.25) is 9.69 Å². The van der Waals surface area contributed by atoms with Crippen LogP contribution in [0.3, 0.4) is 0 Å². The number of ketones is 1. The molecule has 2 aliphatic heterocycles. The fourth-order valence-corrected chi connectivity index (χ4v) is 5.01. The molecule has 5 heteroatoms. The van der Waals surface area contributed by atoms with Crippen molar-refractivity contribution in [2.24, 2.45) is 0 Å². The predicted molar refractivity (Wildman–Crippen MR) is 87.5 cm³/mol. The highest BCUT2D eigenvalue weighted by Crippen LogP contribution is 2.55. The molecule has 0 spiro atoms. The van der Waals surface area contributed by atoms with Crippen LogP contribution < -0.4 is 9.47 Å². The van der Waals surface area contributed by atoms with E-state index in [1.165, 1.54) is 16.7 Å². The van der Waals surface area contributed by atoms with Crippen LogP contribution in [-0.2, 0) is 21.4 Å². The maximum Gasteiger partial charge on any atom is 0.231 e. The molecule has 4 aliphatic rings. The molecule has 126 valence electrons. The molecule has 2 aliphatic carbocycles. The molecule has 24 heavy (non-hydrogen) atoms. The minimum atomic E-state index is -0.353. The van der Waals surface area contributed by atoms with Crippen molar-refractivity contribution in [1.82, 2.24) is 4.90 Å². The van der Waals surface area contributed by atoms with E-state index in [0.717, 1.165) is 37.3 Å². The fraction of sp³-hybridized carbons (Fsp3) is 0.526. The second kappa shape index (κ2) is 4.83. The number of rotatable bonds is 1. The number of hydrogen-bond donors (Lipinski definition) is 0. The Kier molecular flexibility index (Phi) is 2.92. The normalized spacial score (nSPS) is 33.8. The number of ether oxygens (including phenoxy) is 3. The number of methoxy groups -OCH3 is 1. The van der Waals surface area contributed by atoms with E-state index < -0.39 is 0 Å². The first-order chi connectivity index (χ1) is 11.6. The van der Waals surface area contributed by atoms with E-state index in [1.807, 2.05) is 6.08 Å². The average molecular weight is 327 g/mol. The number of piperidine rings is 1. The second-order valence-corrected chi connectivity index (χ2v) is 7.33. The number of carbonyl (C=O) groups is 1. The molecule has 0 amide bonds. The summed E-state index contributed by atoms with van der Waals surface area (Å²) in [6.45, 7) is 1.32. The van der Waals surface area contributed by atoms with Crippen molar-refractivity contribution in [1.29, 1.82) is 0 Å². The monoisotopic (exact) mass is 327 g/mol. The number of carbonyl (C=O) groups excluding carboxylic acids is 1. The third-order valence-corrected chi connectivity index (χ3v) is 6.30. The smallest absolute Gasteiger partial charge is 0.231 e. The lowest BCUT2D eigenvalue weighted by molar-refractivity contribution is -0.126. The first-order valence-corrected chi connectivity index (χ1v) is 8.54. The summed E-state index contributed by atoms with van der Waals surface area (Å²) < 4.78 is 16.7. The number of fused-ring (bicyclic) bond motifs is 2. The predicted octanol–water partition coefficient (Wildman–Crippen LogP) is 1.83. The SMILES string of the molecule is CO[C@H]1C[C@@]23CCN(C)[C@@H](Cc4cc5c(cc42)OCO5)C3=CC1=O. The Bertz CT molecular complexity index is 771. The van der Waals surface area contributed by atoms with Crippen molar-refractivity contribution in [2.75, 3.05) is 27.5 Å². The summed E-state index contributed by atoms with van der Waals surface area (Å²) in [6.07, 6.45) is 4.16. The van der Waals surface area contributed by atoms with E-state index in [4.69, 9.17) is 14.2 Å². The molecule has 1 aromatic carbocycles. The van der Waals surface area contributed by atoms with Gasteiger partial charge in [0.05, 0.1) is 0 Å². The average Bonchev–Trinajstić information content (AvgIpc) is 3.04. The van der Waals surface area contributed by atoms with Crippen LogP contribution in [0.2, 0.25) is 0 Å². The van der Waals surface area contributed by atoms with E-state index in [1.54, 1.807) is 7.11 Å². The van der Waals surface area contributed by atoms with Gasteiger partial charge in [-0.1, -0.05) is 0 Å². The van der Waals surface area contributed by atoms with E-state index in [2.05, 4.69) is 24.1 Å². The van der Waals surface area contributed by atoms with E-state index in [0.29, 0.717) is 0 Å². The molecule has 1 saturated heterocycles. The Labute approximate surface area is 141 Å².